The maximum atomic E-state index is 5.32. The second-order valence-electron chi connectivity index (χ2n) is 8.03. The smallest absolute Gasteiger partial charge is 0.166 e. The van der Waals surface area contributed by atoms with Crippen LogP contribution >= 0.6 is 0 Å². The standard InChI is InChI=1S/C25H24N8O/c1-16(2)33-15-30-22-24(31-23(32-25(22)33)18-10-20(34-3)14-26-11-18)29-13-19-8-7-17(12-28-19)21-6-4-5-9-27-21/h4-12,14-16H,13H2,1-3H3,(H,29,31,32). The van der Waals surface area contributed by atoms with Crippen LogP contribution in [0.5, 0.6) is 5.75 Å². The number of imidazole rings is 1. The number of anilines is 1. The number of hydrogen-bond acceptors (Lipinski definition) is 8. The third-order valence-corrected chi connectivity index (χ3v) is 5.41. The molecule has 0 spiro atoms. The first kappa shape index (κ1) is 21.4. The largest absolute Gasteiger partial charge is 0.495 e. The highest BCUT2D eigenvalue weighted by Crippen LogP contribution is 2.27. The number of methoxy groups -OCH3 is 1. The summed E-state index contributed by atoms with van der Waals surface area (Å²) in [5.74, 6) is 1.82. The molecule has 0 bridgehead atoms. The molecule has 0 fully saturated rings. The van der Waals surface area contributed by atoms with E-state index in [0.29, 0.717) is 29.5 Å². The Morgan fingerprint density at radius 2 is 1.88 bits per heavy atom. The second-order valence-corrected chi connectivity index (χ2v) is 8.03. The first-order valence-electron chi connectivity index (χ1n) is 11.0. The van der Waals surface area contributed by atoms with E-state index in [-0.39, 0.29) is 6.04 Å². The van der Waals surface area contributed by atoms with Crippen molar-refractivity contribution in [1.29, 1.82) is 0 Å². The van der Waals surface area contributed by atoms with Gasteiger partial charge in [-0.15, -0.1) is 0 Å². The summed E-state index contributed by atoms with van der Waals surface area (Å²) in [4.78, 5) is 27.4. The van der Waals surface area contributed by atoms with E-state index in [9.17, 15) is 0 Å². The van der Waals surface area contributed by atoms with Crippen LogP contribution in [0.15, 0.2) is 67.5 Å². The van der Waals surface area contributed by atoms with Crippen LogP contribution in [-0.2, 0) is 6.54 Å². The molecule has 0 aliphatic heterocycles. The summed E-state index contributed by atoms with van der Waals surface area (Å²) in [6, 6.07) is 11.9. The predicted molar refractivity (Wildman–Crippen MR) is 130 cm³/mol. The summed E-state index contributed by atoms with van der Waals surface area (Å²) < 4.78 is 7.35. The molecule has 0 saturated carbocycles. The van der Waals surface area contributed by atoms with Gasteiger partial charge in [-0.25, -0.2) is 15.0 Å². The number of aromatic nitrogens is 7. The highest BCUT2D eigenvalue weighted by Gasteiger charge is 2.16. The van der Waals surface area contributed by atoms with Crippen LogP contribution in [0.4, 0.5) is 5.82 Å². The SMILES string of the molecule is COc1cncc(-c2nc(NCc3ccc(-c4ccccn4)cn3)c3ncn(C(C)C)c3n2)c1. The van der Waals surface area contributed by atoms with Crippen molar-refractivity contribution in [2.24, 2.45) is 0 Å². The van der Waals surface area contributed by atoms with E-state index in [2.05, 4.69) is 39.1 Å². The summed E-state index contributed by atoms with van der Waals surface area (Å²) >= 11 is 0. The van der Waals surface area contributed by atoms with Crippen molar-refractivity contribution in [1.82, 2.24) is 34.5 Å². The van der Waals surface area contributed by atoms with Gasteiger partial charge in [0.25, 0.3) is 0 Å². The summed E-state index contributed by atoms with van der Waals surface area (Å²) in [5, 5.41) is 3.40. The molecular formula is C25H24N8O. The highest BCUT2D eigenvalue weighted by atomic mass is 16.5. The van der Waals surface area contributed by atoms with Gasteiger partial charge in [0.1, 0.15) is 11.3 Å². The van der Waals surface area contributed by atoms with E-state index < -0.39 is 0 Å². The maximum absolute atomic E-state index is 5.32. The Morgan fingerprint density at radius 3 is 2.62 bits per heavy atom. The fourth-order valence-electron chi connectivity index (χ4n) is 3.59. The lowest BCUT2D eigenvalue weighted by molar-refractivity contribution is 0.413. The molecule has 9 nitrogen and oxygen atoms in total. The minimum atomic E-state index is 0.199. The van der Waals surface area contributed by atoms with Gasteiger partial charge >= 0.3 is 0 Å². The van der Waals surface area contributed by atoms with Gasteiger partial charge in [-0.05, 0) is 44.2 Å². The molecule has 0 aliphatic carbocycles. The minimum absolute atomic E-state index is 0.199. The van der Waals surface area contributed by atoms with Crippen molar-refractivity contribution < 1.29 is 4.74 Å². The molecule has 0 radical (unpaired) electrons. The molecule has 9 heteroatoms. The quantitative estimate of drug-likeness (QED) is 0.384. The van der Waals surface area contributed by atoms with Gasteiger partial charge in [0.05, 0.1) is 37.6 Å². The van der Waals surface area contributed by atoms with E-state index in [1.165, 1.54) is 0 Å². The Bertz CT molecular complexity index is 1410. The monoisotopic (exact) mass is 452 g/mol. The molecule has 0 amide bonds. The molecule has 5 rings (SSSR count). The molecule has 170 valence electrons. The lowest BCUT2D eigenvalue weighted by Crippen LogP contribution is -2.07. The van der Waals surface area contributed by atoms with Crippen LogP contribution in [0.25, 0.3) is 33.8 Å². The van der Waals surface area contributed by atoms with Crippen molar-refractivity contribution in [2.45, 2.75) is 26.4 Å². The van der Waals surface area contributed by atoms with Crippen LogP contribution in [-0.4, -0.2) is 41.6 Å². The number of fused-ring (bicyclic) bond motifs is 1. The molecular weight excluding hydrogens is 428 g/mol. The average Bonchev–Trinajstić information content (AvgIpc) is 3.33. The number of nitrogens with one attached hydrogen (secondary N) is 1. The van der Waals surface area contributed by atoms with Crippen molar-refractivity contribution in [3.05, 3.63) is 73.2 Å². The lowest BCUT2D eigenvalue weighted by Gasteiger charge is -2.11. The van der Waals surface area contributed by atoms with Gasteiger partial charge < -0.3 is 14.6 Å². The third kappa shape index (κ3) is 4.27. The van der Waals surface area contributed by atoms with Gasteiger partial charge in [-0.1, -0.05) is 6.07 Å². The lowest BCUT2D eigenvalue weighted by atomic mass is 10.2. The van der Waals surface area contributed by atoms with Gasteiger partial charge in [-0.2, -0.15) is 0 Å². The fraction of sp³-hybridized carbons (Fsp3) is 0.200. The van der Waals surface area contributed by atoms with Crippen LogP contribution in [0.2, 0.25) is 0 Å². The zero-order valence-electron chi connectivity index (χ0n) is 19.2. The second kappa shape index (κ2) is 9.22. The molecule has 5 aromatic heterocycles. The molecule has 5 aromatic rings. The van der Waals surface area contributed by atoms with Crippen LogP contribution in [0.3, 0.4) is 0 Å². The van der Waals surface area contributed by atoms with Gasteiger partial charge in [0, 0.05) is 35.8 Å². The fourth-order valence-corrected chi connectivity index (χ4v) is 3.59. The Labute approximate surface area is 197 Å². The molecule has 34 heavy (non-hydrogen) atoms. The maximum Gasteiger partial charge on any atom is 0.166 e. The zero-order chi connectivity index (χ0) is 23.5. The Kier molecular flexibility index (Phi) is 5.82. The summed E-state index contributed by atoms with van der Waals surface area (Å²) in [7, 11) is 1.61. The van der Waals surface area contributed by atoms with Crippen molar-refractivity contribution in [3.8, 4) is 28.4 Å². The summed E-state index contributed by atoms with van der Waals surface area (Å²) in [6.07, 6.45) is 8.77. The van der Waals surface area contributed by atoms with Crippen LogP contribution in [0.1, 0.15) is 25.6 Å². The molecule has 0 saturated heterocycles. The topological polar surface area (TPSA) is 104 Å². The predicted octanol–water partition coefficient (Wildman–Crippen LogP) is 4.55. The van der Waals surface area contributed by atoms with Crippen molar-refractivity contribution in [2.75, 3.05) is 12.4 Å². The number of hydrogen-bond donors (Lipinski definition) is 1. The van der Waals surface area contributed by atoms with Crippen LogP contribution in [0, 0.1) is 0 Å². The number of rotatable bonds is 7. The van der Waals surface area contributed by atoms with E-state index in [0.717, 1.165) is 28.2 Å². The molecule has 1 N–H and O–H groups in total. The molecule has 5 heterocycles. The van der Waals surface area contributed by atoms with E-state index in [1.807, 2.05) is 47.2 Å². The molecule has 0 atom stereocenters. The summed E-state index contributed by atoms with van der Waals surface area (Å²) in [6.45, 7) is 4.67. The molecule has 0 aliphatic rings. The van der Waals surface area contributed by atoms with Crippen molar-refractivity contribution in [3.63, 3.8) is 0 Å². The number of nitrogens with zero attached hydrogens (tertiary/aromatic N) is 7. The Balaban J connectivity index is 1.47. The van der Waals surface area contributed by atoms with Gasteiger partial charge in [-0.3, -0.25) is 15.0 Å². The molecule has 0 unspecified atom stereocenters. The van der Waals surface area contributed by atoms with Gasteiger partial charge in [0.2, 0.25) is 0 Å². The van der Waals surface area contributed by atoms with E-state index in [1.54, 1.807) is 32.0 Å². The minimum Gasteiger partial charge on any atom is -0.495 e. The van der Waals surface area contributed by atoms with Crippen LogP contribution < -0.4 is 10.1 Å². The first-order chi connectivity index (χ1) is 16.6. The highest BCUT2D eigenvalue weighted by molar-refractivity contribution is 5.85. The summed E-state index contributed by atoms with van der Waals surface area (Å²) in [5.41, 5.74) is 4.96. The first-order valence-corrected chi connectivity index (χ1v) is 11.0. The zero-order valence-corrected chi connectivity index (χ0v) is 19.2. The third-order valence-electron chi connectivity index (χ3n) is 5.41. The van der Waals surface area contributed by atoms with Crippen molar-refractivity contribution >= 4 is 17.0 Å². The molecule has 0 aromatic carbocycles. The van der Waals surface area contributed by atoms with E-state index in [4.69, 9.17) is 14.7 Å². The normalized spacial score (nSPS) is 11.2. The van der Waals surface area contributed by atoms with Gasteiger partial charge in [0.15, 0.2) is 17.3 Å². The Hall–Kier alpha value is -4.40. The van der Waals surface area contributed by atoms with E-state index >= 15 is 0 Å². The average molecular weight is 453 g/mol. The number of ether oxygens (including phenoxy) is 1. The Morgan fingerprint density at radius 1 is 0.971 bits per heavy atom. The number of pyridine rings is 3.